The largest absolute Gasteiger partial charge is 0.469 e. The number of hydrogen-bond donors (Lipinski definition) is 0. The third kappa shape index (κ3) is 3.44. The molecule has 1 aromatic heterocycles. The van der Waals surface area contributed by atoms with Gasteiger partial charge in [0.15, 0.2) is 0 Å². The summed E-state index contributed by atoms with van der Waals surface area (Å²) in [4.78, 5) is 17.7. The molecule has 0 aliphatic heterocycles. The number of methoxy groups -OCH3 is 1. The SMILES string of the molecule is COC(=O)CCCN(C)c1ccc2ccccc2n1. The zero-order chi connectivity index (χ0) is 13.7. The number of carbonyl (C=O) groups excluding carboxylic acids is 1. The Kier molecular flexibility index (Phi) is 4.34. The van der Waals surface area contributed by atoms with Gasteiger partial charge in [0.2, 0.25) is 0 Å². The van der Waals surface area contributed by atoms with Crippen molar-refractivity contribution in [1.82, 2.24) is 4.98 Å². The van der Waals surface area contributed by atoms with Gasteiger partial charge in [-0.25, -0.2) is 4.98 Å². The average molecular weight is 258 g/mol. The first-order valence-electron chi connectivity index (χ1n) is 6.34. The van der Waals surface area contributed by atoms with Crippen LogP contribution < -0.4 is 4.90 Å². The molecule has 0 fully saturated rings. The van der Waals surface area contributed by atoms with Gasteiger partial charge in [-0.05, 0) is 24.6 Å². The molecule has 0 radical (unpaired) electrons. The van der Waals surface area contributed by atoms with Crippen molar-refractivity contribution >= 4 is 22.7 Å². The topological polar surface area (TPSA) is 42.4 Å². The molecule has 1 aromatic carbocycles. The van der Waals surface area contributed by atoms with Gasteiger partial charge < -0.3 is 9.64 Å². The normalized spacial score (nSPS) is 10.4. The summed E-state index contributed by atoms with van der Waals surface area (Å²) in [5.74, 6) is 0.753. The summed E-state index contributed by atoms with van der Waals surface area (Å²) in [6.07, 6.45) is 1.20. The van der Waals surface area contributed by atoms with Crippen LogP contribution in [-0.2, 0) is 9.53 Å². The fraction of sp³-hybridized carbons (Fsp3) is 0.333. The van der Waals surface area contributed by atoms with Crippen LogP contribution in [0.2, 0.25) is 0 Å². The lowest BCUT2D eigenvalue weighted by molar-refractivity contribution is -0.140. The highest BCUT2D eigenvalue weighted by molar-refractivity contribution is 5.80. The summed E-state index contributed by atoms with van der Waals surface area (Å²) in [7, 11) is 3.39. The molecule has 0 saturated heterocycles. The summed E-state index contributed by atoms with van der Waals surface area (Å²) in [5.41, 5.74) is 0.986. The van der Waals surface area contributed by atoms with Gasteiger partial charge in [-0.2, -0.15) is 0 Å². The molecule has 4 heteroatoms. The van der Waals surface area contributed by atoms with Crippen LogP contribution in [-0.4, -0.2) is 31.7 Å². The number of para-hydroxylation sites is 1. The highest BCUT2D eigenvalue weighted by Crippen LogP contribution is 2.17. The van der Waals surface area contributed by atoms with Crippen LogP contribution >= 0.6 is 0 Å². The predicted octanol–water partition coefficient (Wildman–Crippen LogP) is 2.62. The molecule has 0 atom stereocenters. The van der Waals surface area contributed by atoms with E-state index in [1.54, 1.807) is 0 Å². The van der Waals surface area contributed by atoms with Crippen molar-refractivity contribution < 1.29 is 9.53 Å². The Bertz CT molecular complexity index is 569. The summed E-state index contributed by atoms with van der Waals surface area (Å²) in [6, 6.07) is 12.1. The first kappa shape index (κ1) is 13.3. The summed E-state index contributed by atoms with van der Waals surface area (Å²) in [5, 5.41) is 1.13. The quantitative estimate of drug-likeness (QED) is 0.773. The standard InChI is InChI=1S/C15H18N2O2/c1-17(11-5-8-15(18)19-2)14-10-9-12-6-3-4-7-13(12)16-14/h3-4,6-7,9-10H,5,8,11H2,1-2H3. The number of esters is 1. The zero-order valence-corrected chi connectivity index (χ0v) is 11.3. The number of anilines is 1. The molecule has 100 valence electrons. The third-order valence-electron chi connectivity index (χ3n) is 3.08. The Morgan fingerprint density at radius 2 is 2.05 bits per heavy atom. The van der Waals surface area contributed by atoms with Gasteiger partial charge in [0.25, 0.3) is 0 Å². The molecule has 1 heterocycles. The van der Waals surface area contributed by atoms with Crippen molar-refractivity contribution in [1.29, 1.82) is 0 Å². The zero-order valence-electron chi connectivity index (χ0n) is 11.3. The molecule has 0 aliphatic rings. The number of ether oxygens (including phenoxy) is 1. The minimum atomic E-state index is -0.167. The number of fused-ring (bicyclic) bond motifs is 1. The monoisotopic (exact) mass is 258 g/mol. The Labute approximate surface area is 113 Å². The van der Waals surface area contributed by atoms with Crippen LogP contribution in [0.4, 0.5) is 5.82 Å². The van der Waals surface area contributed by atoms with Gasteiger partial charge >= 0.3 is 5.97 Å². The fourth-order valence-electron chi connectivity index (χ4n) is 1.95. The van der Waals surface area contributed by atoms with Crippen LogP contribution in [0.3, 0.4) is 0 Å². The maximum absolute atomic E-state index is 11.0. The minimum absolute atomic E-state index is 0.167. The Hall–Kier alpha value is -2.10. The van der Waals surface area contributed by atoms with Gasteiger partial charge in [0, 0.05) is 25.4 Å². The van der Waals surface area contributed by atoms with E-state index in [2.05, 4.69) is 20.7 Å². The van der Waals surface area contributed by atoms with E-state index in [9.17, 15) is 4.79 Å². The molecule has 0 amide bonds. The van der Waals surface area contributed by atoms with Crippen LogP contribution in [0.15, 0.2) is 36.4 Å². The van der Waals surface area contributed by atoms with E-state index >= 15 is 0 Å². The first-order valence-corrected chi connectivity index (χ1v) is 6.34. The lowest BCUT2D eigenvalue weighted by Gasteiger charge is -2.18. The van der Waals surface area contributed by atoms with Gasteiger partial charge in [-0.3, -0.25) is 4.79 Å². The van der Waals surface area contributed by atoms with Crippen molar-refractivity contribution in [2.24, 2.45) is 0 Å². The molecule has 0 saturated carbocycles. The van der Waals surface area contributed by atoms with Crippen molar-refractivity contribution in [3.63, 3.8) is 0 Å². The number of aromatic nitrogens is 1. The van der Waals surface area contributed by atoms with Crippen molar-refractivity contribution in [2.75, 3.05) is 25.6 Å². The molecule has 0 bridgehead atoms. The second-order valence-electron chi connectivity index (χ2n) is 4.46. The molecule has 4 nitrogen and oxygen atoms in total. The first-order chi connectivity index (χ1) is 9.20. The van der Waals surface area contributed by atoms with Crippen molar-refractivity contribution in [3.8, 4) is 0 Å². The van der Waals surface area contributed by atoms with Crippen LogP contribution in [0.5, 0.6) is 0 Å². The maximum atomic E-state index is 11.0. The lowest BCUT2D eigenvalue weighted by atomic mass is 10.2. The minimum Gasteiger partial charge on any atom is -0.469 e. The summed E-state index contributed by atoms with van der Waals surface area (Å²) < 4.78 is 4.62. The second kappa shape index (κ2) is 6.18. The predicted molar refractivity (Wildman–Crippen MR) is 76.3 cm³/mol. The molecule has 0 aliphatic carbocycles. The Morgan fingerprint density at radius 3 is 2.84 bits per heavy atom. The molecule has 2 rings (SSSR count). The van der Waals surface area contributed by atoms with E-state index in [4.69, 9.17) is 0 Å². The Morgan fingerprint density at radius 1 is 1.26 bits per heavy atom. The van der Waals surface area contributed by atoms with Gasteiger partial charge in [0.1, 0.15) is 5.82 Å². The molecule has 0 N–H and O–H groups in total. The number of benzene rings is 1. The third-order valence-corrected chi connectivity index (χ3v) is 3.08. The molecule has 0 unspecified atom stereocenters. The number of hydrogen-bond acceptors (Lipinski definition) is 4. The maximum Gasteiger partial charge on any atom is 0.305 e. The van der Waals surface area contributed by atoms with Gasteiger partial charge in [-0.15, -0.1) is 0 Å². The van der Waals surface area contributed by atoms with Gasteiger partial charge in [0.05, 0.1) is 12.6 Å². The number of carbonyl (C=O) groups is 1. The van der Waals surface area contributed by atoms with E-state index in [1.165, 1.54) is 7.11 Å². The smallest absolute Gasteiger partial charge is 0.305 e. The van der Waals surface area contributed by atoms with Crippen LogP contribution in [0.25, 0.3) is 10.9 Å². The number of nitrogens with zero attached hydrogens (tertiary/aromatic N) is 2. The molecule has 2 aromatic rings. The molecule has 0 spiro atoms. The van der Waals surface area contributed by atoms with Gasteiger partial charge in [-0.1, -0.05) is 18.2 Å². The number of rotatable bonds is 5. The lowest BCUT2D eigenvalue weighted by Crippen LogP contribution is -2.20. The fourth-order valence-corrected chi connectivity index (χ4v) is 1.95. The van der Waals surface area contributed by atoms with E-state index in [0.29, 0.717) is 6.42 Å². The van der Waals surface area contributed by atoms with E-state index < -0.39 is 0 Å². The van der Waals surface area contributed by atoms with Crippen molar-refractivity contribution in [2.45, 2.75) is 12.8 Å². The molecule has 19 heavy (non-hydrogen) atoms. The van der Waals surface area contributed by atoms with Crippen LogP contribution in [0.1, 0.15) is 12.8 Å². The van der Waals surface area contributed by atoms with E-state index in [-0.39, 0.29) is 5.97 Å². The molecular formula is C15H18N2O2. The highest BCUT2D eigenvalue weighted by atomic mass is 16.5. The van der Waals surface area contributed by atoms with Crippen molar-refractivity contribution in [3.05, 3.63) is 36.4 Å². The van der Waals surface area contributed by atoms with Crippen LogP contribution in [0, 0.1) is 0 Å². The average Bonchev–Trinajstić information content (AvgIpc) is 2.46. The van der Waals surface area contributed by atoms with E-state index in [1.807, 2.05) is 37.4 Å². The summed E-state index contributed by atoms with van der Waals surface area (Å²) in [6.45, 7) is 0.778. The molecular weight excluding hydrogens is 240 g/mol. The Balaban J connectivity index is 2.00. The highest BCUT2D eigenvalue weighted by Gasteiger charge is 2.05. The van der Waals surface area contributed by atoms with E-state index in [0.717, 1.165) is 29.7 Å². The number of pyridine rings is 1. The second-order valence-corrected chi connectivity index (χ2v) is 4.46. The summed E-state index contributed by atoms with van der Waals surface area (Å²) >= 11 is 0.